The van der Waals surface area contributed by atoms with Crippen molar-refractivity contribution in [3.05, 3.63) is 35.8 Å². The summed E-state index contributed by atoms with van der Waals surface area (Å²) in [7, 11) is 2.21. The third-order valence-corrected chi connectivity index (χ3v) is 4.90. The smallest absolute Gasteiger partial charge is 0.108 e. The highest BCUT2D eigenvalue weighted by atomic mass is 15.2. The zero-order valence-electron chi connectivity index (χ0n) is 15.5. The summed E-state index contributed by atoms with van der Waals surface area (Å²) < 4.78 is 2.46. The number of benzene rings is 1. The van der Waals surface area contributed by atoms with E-state index in [4.69, 9.17) is 4.98 Å². The van der Waals surface area contributed by atoms with Gasteiger partial charge >= 0.3 is 0 Å². The number of aryl methyl sites for hydroxylation is 2. The van der Waals surface area contributed by atoms with Gasteiger partial charge in [-0.3, -0.25) is 4.98 Å². The van der Waals surface area contributed by atoms with Gasteiger partial charge in [0.2, 0.25) is 0 Å². The van der Waals surface area contributed by atoms with Crippen molar-refractivity contribution in [2.75, 3.05) is 20.1 Å². The van der Waals surface area contributed by atoms with Gasteiger partial charge in [0.25, 0.3) is 0 Å². The third kappa shape index (κ3) is 2.91. The molecule has 0 radical (unpaired) electrons. The second-order valence-corrected chi connectivity index (χ2v) is 6.58. The van der Waals surface area contributed by atoms with Crippen molar-refractivity contribution in [3.63, 3.8) is 0 Å². The van der Waals surface area contributed by atoms with Crippen LogP contribution in [0, 0.1) is 13.8 Å². The predicted molar refractivity (Wildman–Crippen MR) is 102 cm³/mol. The molecule has 0 N–H and O–H groups in total. The summed E-state index contributed by atoms with van der Waals surface area (Å²) in [6.45, 7) is 10.6. The Labute approximate surface area is 144 Å². The molecule has 0 unspecified atom stereocenters. The molecule has 0 atom stereocenters. The van der Waals surface area contributed by atoms with Gasteiger partial charge in [0.1, 0.15) is 11.3 Å². The van der Waals surface area contributed by atoms with Crippen LogP contribution in [0.5, 0.6) is 0 Å². The monoisotopic (exact) mass is 324 g/mol. The normalized spacial score (nSPS) is 16.4. The van der Waals surface area contributed by atoms with Crippen molar-refractivity contribution in [1.82, 2.24) is 19.4 Å². The van der Waals surface area contributed by atoms with Crippen LogP contribution in [0.25, 0.3) is 21.9 Å². The molecule has 0 amide bonds. The summed E-state index contributed by atoms with van der Waals surface area (Å²) in [4.78, 5) is 11.8. The molecule has 4 heteroatoms. The molecule has 0 saturated carbocycles. The molecule has 4 rings (SSSR count). The van der Waals surface area contributed by atoms with Crippen molar-refractivity contribution >= 4 is 21.9 Å². The van der Waals surface area contributed by atoms with E-state index in [0.29, 0.717) is 6.04 Å². The lowest BCUT2D eigenvalue weighted by atomic mass is 10.0. The van der Waals surface area contributed by atoms with Gasteiger partial charge in [-0.25, -0.2) is 4.98 Å². The first-order valence-corrected chi connectivity index (χ1v) is 9.06. The van der Waals surface area contributed by atoms with Gasteiger partial charge in [-0.2, -0.15) is 0 Å². The lowest BCUT2D eigenvalue weighted by molar-refractivity contribution is 0.222. The van der Waals surface area contributed by atoms with E-state index >= 15 is 0 Å². The van der Waals surface area contributed by atoms with Crippen molar-refractivity contribution in [2.45, 2.75) is 46.6 Å². The van der Waals surface area contributed by atoms with Gasteiger partial charge in [-0.15, -0.1) is 0 Å². The van der Waals surface area contributed by atoms with Crippen LogP contribution < -0.4 is 0 Å². The van der Waals surface area contributed by atoms with Gasteiger partial charge in [0.15, 0.2) is 0 Å². The van der Waals surface area contributed by atoms with Gasteiger partial charge in [-0.05, 0) is 59.0 Å². The average molecular weight is 324 g/mol. The van der Waals surface area contributed by atoms with E-state index in [1.54, 1.807) is 0 Å². The van der Waals surface area contributed by atoms with E-state index in [9.17, 15) is 0 Å². The lowest BCUT2D eigenvalue weighted by Crippen LogP contribution is -2.31. The minimum absolute atomic E-state index is 0.548. The molecule has 0 aliphatic carbocycles. The Hall–Kier alpha value is -1.94. The van der Waals surface area contributed by atoms with Crippen molar-refractivity contribution in [2.24, 2.45) is 0 Å². The minimum atomic E-state index is 0.548. The molecular formula is C20H28N4. The summed E-state index contributed by atoms with van der Waals surface area (Å²) in [6.07, 6.45) is 4.31. The molecule has 1 aliphatic rings. The number of piperidine rings is 1. The van der Waals surface area contributed by atoms with Crippen molar-refractivity contribution < 1.29 is 0 Å². The quantitative estimate of drug-likeness (QED) is 0.661. The van der Waals surface area contributed by atoms with Crippen LogP contribution >= 0.6 is 0 Å². The van der Waals surface area contributed by atoms with Gasteiger partial charge in [-0.1, -0.05) is 25.5 Å². The molecule has 2 aromatic heterocycles. The number of hydrogen-bond donors (Lipinski definition) is 0. The maximum absolute atomic E-state index is 4.77. The second kappa shape index (κ2) is 6.89. The zero-order valence-corrected chi connectivity index (χ0v) is 15.5. The van der Waals surface area contributed by atoms with E-state index in [-0.39, 0.29) is 0 Å². The van der Waals surface area contributed by atoms with Gasteiger partial charge in [0.05, 0.1) is 17.2 Å². The average Bonchev–Trinajstić information content (AvgIpc) is 2.94. The van der Waals surface area contributed by atoms with E-state index in [1.165, 1.54) is 29.3 Å². The van der Waals surface area contributed by atoms with Crippen LogP contribution in [0.4, 0.5) is 0 Å². The number of aromatic nitrogens is 3. The van der Waals surface area contributed by atoms with Crippen LogP contribution in [-0.2, 0) is 0 Å². The highest BCUT2D eigenvalue weighted by molar-refractivity contribution is 6.02. The Bertz CT molecular complexity index is 842. The number of fused-ring (bicyclic) bond motifs is 3. The molecule has 128 valence electrons. The van der Waals surface area contributed by atoms with Crippen molar-refractivity contribution in [3.8, 4) is 0 Å². The van der Waals surface area contributed by atoms with Gasteiger partial charge in [0, 0.05) is 11.4 Å². The molecule has 24 heavy (non-hydrogen) atoms. The van der Waals surface area contributed by atoms with E-state index in [2.05, 4.69) is 53.5 Å². The summed E-state index contributed by atoms with van der Waals surface area (Å²) in [5, 5.41) is 1.23. The molecule has 1 fully saturated rings. The fourth-order valence-electron chi connectivity index (χ4n) is 3.71. The summed E-state index contributed by atoms with van der Waals surface area (Å²) in [5.41, 5.74) is 4.62. The molecule has 0 spiro atoms. The lowest BCUT2D eigenvalue weighted by Gasteiger charge is -2.31. The maximum Gasteiger partial charge on any atom is 0.108 e. The standard InChI is InChI=1S/C18H22N4.C2H6/c1-12-4-5-16-15(10-12)18-17(11-19-16)20-13(2)22(18)14-6-8-21(3)9-7-14;1-2/h4-5,10-11,14H,6-9H2,1-3H3;1-2H3. The molecule has 3 aromatic rings. The maximum atomic E-state index is 4.77. The number of nitrogens with zero attached hydrogens (tertiary/aromatic N) is 4. The molecule has 1 aliphatic heterocycles. The molecule has 0 bridgehead atoms. The largest absolute Gasteiger partial charge is 0.324 e. The van der Waals surface area contributed by atoms with Crippen LogP contribution in [0.3, 0.4) is 0 Å². The van der Waals surface area contributed by atoms with Gasteiger partial charge < -0.3 is 9.47 Å². The molecule has 3 heterocycles. The van der Waals surface area contributed by atoms with Crippen LogP contribution in [0.2, 0.25) is 0 Å². The zero-order chi connectivity index (χ0) is 17.3. The Balaban J connectivity index is 0.000000815. The first-order chi connectivity index (χ1) is 11.6. The van der Waals surface area contributed by atoms with E-state index in [1.807, 2.05) is 20.0 Å². The molecule has 1 aromatic carbocycles. The Kier molecular flexibility index (Phi) is 4.86. The number of imidazole rings is 1. The summed E-state index contributed by atoms with van der Waals surface area (Å²) in [5.74, 6) is 1.11. The first kappa shape index (κ1) is 16.9. The molecular weight excluding hydrogens is 296 g/mol. The van der Waals surface area contributed by atoms with Crippen LogP contribution in [0.1, 0.15) is 44.1 Å². The molecule has 4 nitrogen and oxygen atoms in total. The Morgan fingerprint density at radius 1 is 1.04 bits per heavy atom. The third-order valence-electron chi connectivity index (χ3n) is 4.90. The topological polar surface area (TPSA) is 34.0 Å². The fraction of sp³-hybridized carbons (Fsp3) is 0.500. The highest BCUT2D eigenvalue weighted by Crippen LogP contribution is 2.32. The summed E-state index contributed by atoms with van der Waals surface area (Å²) >= 11 is 0. The Morgan fingerprint density at radius 3 is 2.46 bits per heavy atom. The van der Waals surface area contributed by atoms with Crippen molar-refractivity contribution in [1.29, 1.82) is 0 Å². The predicted octanol–water partition coefficient (Wildman–Crippen LogP) is 4.49. The van der Waals surface area contributed by atoms with E-state index in [0.717, 1.165) is 29.9 Å². The number of hydrogen-bond acceptors (Lipinski definition) is 3. The Morgan fingerprint density at radius 2 is 1.75 bits per heavy atom. The fourth-order valence-corrected chi connectivity index (χ4v) is 3.71. The number of pyridine rings is 1. The highest BCUT2D eigenvalue weighted by Gasteiger charge is 2.23. The number of likely N-dealkylation sites (tertiary alicyclic amines) is 1. The van der Waals surface area contributed by atoms with Crippen LogP contribution in [0.15, 0.2) is 24.4 Å². The minimum Gasteiger partial charge on any atom is -0.324 e. The SMILES string of the molecule is CC.Cc1ccc2ncc3nc(C)n(C4CCN(C)CC4)c3c2c1. The van der Waals surface area contributed by atoms with E-state index < -0.39 is 0 Å². The second-order valence-electron chi connectivity index (χ2n) is 6.58. The molecule has 1 saturated heterocycles. The van der Waals surface area contributed by atoms with Crippen LogP contribution in [-0.4, -0.2) is 39.6 Å². The summed E-state index contributed by atoms with van der Waals surface area (Å²) in [6, 6.07) is 7.04. The first-order valence-electron chi connectivity index (χ1n) is 9.06. The number of rotatable bonds is 1.